The molecule has 1 N–H and O–H groups in total. The van der Waals surface area contributed by atoms with Crippen molar-refractivity contribution in [2.24, 2.45) is 4.99 Å². The largest absolute Gasteiger partial charge is 0.478 e. The molecule has 0 saturated heterocycles. The van der Waals surface area contributed by atoms with Crippen LogP contribution in [0.25, 0.3) is 23.1 Å². The third-order valence-corrected chi connectivity index (χ3v) is 9.17. The molecule has 45 heavy (non-hydrogen) atoms. The SMILES string of the molecule is CCOC(=O)C1=C(c2ccccc2)N=c2s/c(=C\c3ccc(-c4ccc(C(=O)O)cc4C)o3)c(=O)n2[C@@H]1c1ccc(SC)cc1. The molecule has 5 aromatic rings. The number of carbonyl (C=O) groups is 2. The Morgan fingerprint density at radius 2 is 1.82 bits per heavy atom. The average molecular weight is 637 g/mol. The summed E-state index contributed by atoms with van der Waals surface area (Å²) in [6.45, 7) is 3.74. The van der Waals surface area contributed by atoms with Crippen LogP contribution in [0.2, 0.25) is 0 Å². The smallest absolute Gasteiger partial charge is 0.338 e. The molecule has 0 saturated carbocycles. The van der Waals surface area contributed by atoms with Crippen molar-refractivity contribution in [1.82, 2.24) is 4.57 Å². The topological polar surface area (TPSA) is 111 Å². The van der Waals surface area contributed by atoms with Crippen LogP contribution in [-0.4, -0.2) is 34.5 Å². The highest BCUT2D eigenvalue weighted by molar-refractivity contribution is 7.98. The number of carboxylic acids is 1. The van der Waals surface area contributed by atoms with Gasteiger partial charge >= 0.3 is 11.9 Å². The molecule has 10 heteroatoms. The molecular weight excluding hydrogens is 609 g/mol. The summed E-state index contributed by atoms with van der Waals surface area (Å²) in [6, 6.07) is 24.8. The van der Waals surface area contributed by atoms with Crippen LogP contribution >= 0.6 is 23.1 Å². The quantitative estimate of drug-likeness (QED) is 0.166. The first kappa shape index (κ1) is 30.1. The molecule has 0 unspecified atom stereocenters. The van der Waals surface area contributed by atoms with Crippen LogP contribution in [0.4, 0.5) is 0 Å². The van der Waals surface area contributed by atoms with Crippen LogP contribution in [0.5, 0.6) is 0 Å². The first-order valence-corrected chi connectivity index (χ1v) is 16.2. The van der Waals surface area contributed by atoms with Crippen molar-refractivity contribution in [3.05, 3.63) is 138 Å². The van der Waals surface area contributed by atoms with Crippen molar-refractivity contribution in [3.63, 3.8) is 0 Å². The van der Waals surface area contributed by atoms with Gasteiger partial charge in [-0.25, -0.2) is 14.6 Å². The zero-order chi connectivity index (χ0) is 31.7. The number of benzene rings is 3. The summed E-state index contributed by atoms with van der Waals surface area (Å²) in [4.78, 5) is 45.5. The van der Waals surface area contributed by atoms with Gasteiger partial charge in [0.25, 0.3) is 5.56 Å². The zero-order valence-corrected chi connectivity index (χ0v) is 26.3. The third-order valence-electron chi connectivity index (χ3n) is 7.44. The standard InChI is InChI=1S/C35H28N2O6S2/c1-4-42-34(41)29-30(21-8-6-5-7-9-21)36-35-37(31(29)22-10-14-25(44-3)15-11-22)32(38)28(45-35)19-24-13-17-27(43-24)26-16-12-23(33(39)40)18-20(26)2/h5-19,31H,4H2,1-3H3,(H,39,40)/b28-19-/t31-/m1/s1. The fraction of sp³-hybridized carbons (Fsp3) is 0.143. The molecule has 1 aliphatic heterocycles. The molecule has 6 rings (SSSR count). The lowest BCUT2D eigenvalue weighted by molar-refractivity contribution is -0.138. The van der Waals surface area contributed by atoms with Crippen molar-refractivity contribution in [2.45, 2.75) is 24.8 Å². The van der Waals surface area contributed by atoms with Gasteiger partial charge in [0.05, 0.1) is 34.0 Å². The maximum absolute atomic E-state index is 14.1. The second-order valence-electron chi connectivity index (χ2n) is 10.2. The van der Waals surface area contributed by atoms with E-state index in [1.165, 1.54) is 17.4 Å². The van der Waals surface area contributed by atoms with Gasteiger partial charge in [-0.15, -0.1) is 11.8 Å². The van der Waals surface area contributed by atoms with Crippen LogP contribution in [0.1, 0.15) is 45.8 Å². The van der Waals surface area contributed by atoms with E-state index >= 15 is 0 Å². The number of thiazole rings is 1. The van der Waals surface area contributed by atoms with Gasteiger partial charge < -0.3 is 14.3 Å². The molecule has 0 bridgehead atoms. The molecular formula is C35H28N2O6S2. The number of aryl methyl sites for hydroxylation is 1. The van der Waals surface area contributed by atoms with E-state index in [4.69, 9.17) is 14.1 Å². The fourth-order valence-electron chi connectivity index (χ4n) is 5.32. The summed E-state index contributed by atoms with van der Waals surface area (Å²) in [6.07, 6.45) is 3.65. The number of nitrogens with zero attached hydrogens (tertiary/aromatic N) is 2. The Bertz CT molecular complexity index is 2140. The number of carboxylic acid groups (broad SMARTS) is 1. The van der Waals surface area contributed by atoms with Crippen molar-refractivity contribution in [3.8, 4) is 11.3 Å². The highest BCUT2D eigenvalue weighted by Crippen LogP contribution is 2.36. The van der Waals surface area contributed by atoms with Crippen LogP contribution in [0.3, 0.4) is 0 Å². The summed E-state index contributed by atoms with van der Waals surface area (Å²) >= 11 is 2.82. The monoisotopic (exact) mass is 636 g/mol. The van der Waals surface area contributed by atoms with Crippen molar-refractivity contribution in [1.29, 1.82) is 0 Å². The second kappa shape index (κ2) is 12.6. The number of carbonyl (C=O) groups excluding carboxylic acids is 1. The molecule has 0 radical (unpaired) electrons. The molecule has 0 fully saturated rings. The molecule has 1 aliphatic rings. The molecule has 226 valence electrons. The van der Waals surface area contributed by atoms with E-state index in [1.807, 2.05) is 67.8 Å². The normalized spacial score (nSPS) is 14.6. The number of aromatic nitrogens is 1. The minimum absolute atomic E-state index is 0.173. The van der Waals surface area contributed by atoms with Gasteiger partial charge in [-0.3, -0.25) is 9.36 Å². The Balaban J connectivity index is 1.52. The van der Waals surface area contributed by atoms with Gasteiger partial charge in [0.15, 0.2) is 4.80 Å². The van der Waals surface area contributed by atoms with E-state index in [1.54, 1.807) is 53.6 Å². The van der Waals surface area contributed by atoms with E-state index in [-0.39, 0.29) is 17.7 Å². The van der Waals surface area contributed by atoms with E-state index in [0.29, 0.717) is 32.1 Å². The lowest BCUT2D eigenvalue weighted by atomic mass is 9.93. The highest BCUT2D eigenvalue weighted by atomic mass is 32.2. The van der Waals surface area contributed by atoms with Crippen LogP contribution < -0.4 is 14.9 Å². The molecule has 2 aromatic heterocycles. The van der Waals surface area contributed by atoms with E-state index < -0.39 is 18.0 Å². The number of thioether (sulfide) groups is 1. The van der Waals surface area contributed by atoms with Gasteiger partial charge in [-0.2, -0.15) is 0 Å². The van der Waals surface area contributed by atoms with Gasteiger partial charge in [-0.05, 0) is 67.6 Å². The Kier molecular flexibility index (Phi) is 8.42. The number of furan rings is 1. The number of hydrogen-bond acceptors (Lipinski definition) is 8. The number of hydrogen-bond donors (Lipinski definition) is 1. The minimum atomic E-state index is -1.000. The Morgan fingerprint density at radius 1 is 1.07 bits per heavy atom. The maximum atomic E-state index is 14.1. The van der Waals surface area contributed by atoms with Crippen molar-refractivity contribution in [2.75, 3.05) is 12.9 Å². The lowest BCUT2D eigenvalue weighted by Crippen LogP contribution is -2.40. The fourth-order valence-corrected chi connectivity index (χ4v) is 6.71. The summed E-state index contributed by atoms with van der Waals surface area (Å²) in [5, 5.41) is 9.31. The van der Waals surface area contributed by atoms with Crippen molar-refractivity contribution >= 4 is 46.8 Å². The summed E-state index contributed by atoms with van der Waals surface area (Å²) in [7, 11) is 0. The second-order valence-corrected chi connectivity index (χ2v) is 12.1. The number of aromatic carboxylic acids is 1. The van der Waals surface area contributed by atoms with Crippen LogP contribution in [0, 0.1) is 6.92 Å². The summed E-state index contributed by atoms with van der Waals surface area (Å²) in [5.41, 5.74) is 3.63. The molecule has 1 atom stereocenters. The maximum Gasteiger partial charge on any atom is 0.338 e. The average Bonchev–Trinajstić information content (AvgIpc) is 3.64. The van der Waals surface area contributed by atoms with Gasteiger partial charge in [-0.1, -0.05) is 59.9 Å². The first-order chi connectivity index (χ1) is 21.8. The van der Waals surface area contributed by atoms with Gasteiger partial charge in [0.1, 0.15) is 11.5 Å². The highest BCUT2D eigenvalue weighted by Gasteiger charge is 2.35. The van der Waals surface area contributed by atoms with Crippen molar-refractivity contribution < 1.29 is 23.8 Å². The Hall–Kier alpha value is -4.93. The van der Waals surface area contributed by atoms with Crippen LogP contribution in [-0.2, 0) is 9.53 Å². The predicted octanol–water partition coefficient (Wildman–Crippen LogP) is 5.92. The van der Waals surface area contributed by atoms with E-state index in [9.17, 15) is 19.5 Å². The van der Waals surface area contributed by atoms with Gasteiger partial charge in [0, 0.05) is 22.1 Å². The molecule has 0 spiro atoms. The van der Waals surface area contributed by atoms with E-state index in [0.717, 1.165) is 27.1 Å². The van der Waals surface area contributed by atoms with E-state index in [2.05, 4.69) is 0 Å². The van der Waals surface area contributed by atoms with Crippen LogP contribution in [0.15, 0.2) is 110 Å². The Morgan fingerprint density at radius 3 is 2.49 bits per heavy atom. The number of fused-ring (bicyclic) bond motifs is 1. The Labute approximate surface area is 266 Å². The van der Waals surface area contributed by atoms with Gasteiger partial charge in [0.2, 0.25) is 0 Å². The molecule has 3 aromatic carbocycles. The number of rotatable bonds is 8. The predicted molar refractivity (Wildman–Crippen MR) is 175 cm³/mol. The molecule has 0 amide bonds. The molecule has 3 heterocycles. The zero-order valence-electron chi connectivity index (χ0n) is 24.6. The lowest BCUT2D eigenvalue weighted by Gasteiger charge is -2.26. The number of ether oxygens (including phenoxy) is 1. The molecule has 0 aliphatic carbocycles. The first-order valence-electron chi connectivity index (χ1n) is 14.2. The summed E-state index contributed by atoms with van der Waals surface area (Å²) in [5.74, 6) is -0.537. The molecule has 8 nitrogen and oxygen atoms in total. The summed E-state index contributed by atoms with van der Waals surface area (Å²) < 4.78 is 13.6. The third kappa shape index (κ3) is 5.82. The minimum Gasteiger partial charge on any atom is -0.478 e. The number of esters is 1.